The molecule has 5 heteroatoms. The van der Waals surface area contributed by atoms with E-state index in [1.165, 1.54) is 0 Å². The summed E-state index contributed by atoms with van der Waals surface area (Å²) in [5.74, 6) is 0.299. The molecule has 0 aromatic carbocycles. The van der Waals surface area contributed by atoms with Gasteiger partial charge in [-0.2, -0.15) is 0 Å². The number of aryl methyl sites for hydroxylation is 1. The van der Waals surface area contributed by atoms with Gasteiger partial charge in [-0.1, -0.05) is 11.6 Å². The Bertz CT molecular complexity index is 422. The Kier molecular flexibility index (Phi) is 3.12. The molecule has 1 aromatic rings. The molecular formula is C11H14ClN3O. The van der Waals surface area contributed by atoms with Gasteiger partial charge in [0.1, 0.15) is 0 Å². The van der Waals surface area contributed by atoms with E-state index in [-0.39, 0.29) is 11.8 Å². The molecule has 0 saturated carbocycles. The Morgan fingerprint density at radius 1 is 1.62 bits per heavy atom. The van der Waals surface area contributed by atoms with Gasteiger partial charge in [-0.05, 0) is 31.5 Å². The summed E-state index contributed by atoms with van der Waals surface area (Å²) in [6, 6.07) is 3.69. The Morgan fingerprint density at radius 2 is 2.38 bits per heavy atom. The third-order valence-corrected chi connectivity index (χ3v) is 3.08. The lowest BCUT2D eigenvalue weighted by Gasteiger charge is -2.17. The smallest absolute Gasteiger partial charge is 0.227 e. The molecule has 2 N–H and O–H groups in total. The predicted molar refractivity (Wildman–Crippen MR) is 63.5 cm³/mol. The monoisotopic (exact) mass is 239 g/mol. The third-order valence-electron chi connectivity index (χ3n) is 2.80. The molecule has 1 amide bonds. The second kappa shape index (κ2) is 4.39. The summed E-state index contributed by atoms with van der Waals surface area (Å²) in [5, 5.41) is 0.381. The molecule has 1 fully saturated rings. The average molecular weight is 240 g/mol. The maximum atomic E-state index is 11.8. The van der Waals surface area contributed by atoms with E-state index in [1.54, 1.807) is 4.90 Å². The van der Waals surface area contributed by atoms with E-state index < -0.39 is 0 Å². The molecule has 1 unspecified atom stereocenters. The molecule has 1 saturated heterocycles. The molecular weight excluding hydrogens is 226 g/mol. The lowest BCUT2D eigenvalue weighted by atomic mass is 10.1. The minimum absolute atomic E-state index is 0.0722. The first-order chi connectivity index (χ1) is 7.61. The molecule has 0 radical (unpaired) electrons. The highest BCUT2D eigenvalue weighted by Gasteiger charge is 2.30. The molecule has 16 heavy (non-hydrogen) atoms. The van der Waals surface area contributed by atoms with Crippen LogP contribution >= 0.6 is 11.6 Å². The number of aromatic nitrogens is 1. The van der Waals surface area contributed by atoms with Crippen LogP contribution < -0.4 is 10.6 Å². The van der Waals surface area contributed by atoms with Gasteiger partial charge >= 0.3 is 0 Å². The van der Waals surface area contributed by atoms with Crippen molar-refractivity contribution in [2.45, 2.75) is 13.3 Å². The van der Waals surface area contributed by atoms with Crippen LogP contribution in [0.4, 0.5) is 5.69 Å². The zero-order chi connectivity index (χ0) is 11.7. The van der Waals surface area contributed by atoms with Crippen LogP contribution in [0.1, 0.15) is 12.1 Å². The molecule has 0 aliphatic carbocycles. The first-order valence-electron chi connectivity index (χ1n) is 5.25. The van der Waals surface area contributed by atoms with Crippen LogP contribution in [0.2, 0.25) is 5.15 Å². The number of carbonyl (C=O) groups is 1. The molecule has 2 rings (SSSR count). The number of hydrogen-bond donors (Lipinski definition) is 1. The largest absolute Gasteiger partial charge is 0.330 e. The van der Waals surface area contributed by atoms with E-state index >= 15 is 0 Å². The number of hydrogen-bond acceptors (Lipinski definition) is 3. The topological polar surface area (TPSA) is 59.2 Å². The average Bonchev–Trinajstić information content (AvgIpc) is 2.60. The van der Waals surface area contributed by atoms with E-state index in [2.05, 4.69) is 4.98 Å². The number of nitrogens with zero attached hydrogens (tertiary/aromatic N) is 2. The minimum Gasteiger partial charge on any atom is -0.330 e. The van der Waals surface area contributed by atoms with Crippen molar-refractivity contribution in [2.24, 2.45) is 11.7 Å². The summed E-state index contributed by atoms with van der Waals surface area (Å²) in [5.41, 5.74) is 7.10. The summed E-state index contributed by atoms with van der Waals surface area (Å²) in [7, 11) is 0. The van der Waals surface area contributed by atoms with Gasteiger partial charge in [0, 0.05) is 18.7 Å². The Hall–Kier alpha value is -1.13. The summed E-state index contributed by atoms with van der Waals surface area (Å²) in [6.07, 6.45) is 0.501. The molecule has 1 aliphatic rings. The van der Waals surface area contributed by atoms with Gasteiger partial charge in [-0.25, -0.2) is 4.98 Å². The van der Waals surface area contributed by atoms with Crippen LogP contribution in [0.5, 0.6) is 0 Å². The maximum absolute atomic E-state index is 11.8. The third kappa shape index (κ3) is 2.03. The first-order valence-corrected chi connectivity index (χ1v) is 5.63. The lowest BCUT2D eigenvalue weighted by molar-refractivity contribution is -0.117. The number of rotatable bonds is 2. The van der Waals surface area contributed by atoms with Crippen LogP contribution in [-0.2, 0) is 4.79 Å². The van der Waals surface area contributed by atoms with Crippen LogP contribution in [0.25, 0.3) is 0 Å². The Labute approximate surface area is 99.4 Å². The molecule has 1 aliphatic heterocycles. The fourth-order valence-electron chi connectivity index (χ4n) is 1.89. The van der Waals surface area contributed by atoms with Crippen molar-refractivity contribution in [3.63, 3.8) is 0 Å². The van der Waals surface area contributed by atoms with E-state index in [4.69, 9.17) is 17.3 Å². The van der Waals surface area contributed by atoms with Gasteiger partial charge in [0.2, 0.25) is 5.91 Å². The second-order valence-corrected chi connectivity index (χ2v) is 4.43. The van der Waals surface area contributed by atoms with Crippen molar-refractivity contribution in [2.75, 3.05) is 18.0 Å². The molecule has 0 bridgehead atoms. The molecule has 4 nitrogen and oxygen atoms in total. The van der Waals surface area contributed by atoms with Crippen molar-refractivity contribution in [1.29, 1.82) is 0 Å². The summed E-state index contributed by atoms with van der Waals surface area (Å²) in [4.78, 5) is 17.6. The van der Waals surface area contributed by atoms with Crippen molar-refractivity contribution in [3.05, 3.63) is 23.0 Å². The van der Waals surface area contributed by atoms with Gasteiger partial charge < -0.3 is 10.6 Å². The fraction of sp³-hybridized carbons (Fsp3) is 0.455. The SMILES string of the molecule is Cc1ccc(N2CC(CN)CC2=O)c(Cl)n1. The van der Waals surface area contributed by atoms with Crippen LogP contribution in [0.15, 0.2) is 12.1 Å². The highest BCUT2D eigenvalue weighted by Crippen LogP contribution is 2.29. The van der Waals surface area contributed by atoms with E-state index in [1.807, 2.05) is 19.1 Å². The number of nitrogens with two attached hydrogens (primary N) is 1. The van der Waals surface area contributed by atoms with Crippen LogP contribution in [0, 0.1) is 12.8 Å². The zero-order valence-corrected chi connectivity index (χ0v) is 9.87. The maximum Gasteiger partial charge on any atom is 0.227 e. The normalized spacial score (nSPS) is 20.6. The highest BCUT2D eigenvalue weighted by atomic mass is 35.5. The lowest BCUT2D eigenvalue weighted by Crippen LogP contribution is -2.26. The van der Waals surface area contributed by atoms with Gasteiger partial charge in [-0.15, -0.1) is 0 Å². The fourth-order valence-corrected chi connectivity index (χ4v) is 2.19. The quantitative estimate of drug-likeness (QED) is 0.793. The Morgan fingerprint density at radius 3 is 2.94 bits per heavy atom. The first kappa shape index (κ1) is 11.4. The zero-order valence-electron chi connectivity index (χ0n) is 9.11. The van der Waals surface area contributed by atoms with Crippen molar-refractivity contribution < 1.29 is 4.79 Å². The summed E-state index contributed by atoms with van der Waals surface area (Å²) in [6.45, 7) is 3.03. The Balaban J connectivity index is 2.28. The van der Waals surface area contributed by atoms with E-state index in [0.717, 1.165) is 5.69 Å². The summed E-state index contributed by atoms with van der Waals surface area (Å²) < 4.78 is 0. The minimum atomic E-state index is 0.0722. The van der Waals surface area contributed by atoms with Crippen molar-refractivity contribution in [1.82, 2.24) is 4.98 Å². The highest BCUT2D eigenvalue weighted by molar-refractivity contribution is 6.32. The molecule has 0 spiro atoms. The molecule has 1 atom stereocenters. The van der Waals surface area contributed by atoms with Crippen LogP contribution in [-0.4, -0.2) is 24.0 Å². The van der Waals surface area contributed by atoms with Gasteiger partial charge in [0.25, 0.3) is 0 Å². The molecule has 86 valence electrons. The van der Waals surface area contributed by atoms with Crippen molar-refractivity contribution in [3.8, 4) is 0 Å². The molecule has 2 heterocycles. The second-order valence-electron chi connectivity index (χ2n) is 4.07. The van der Waals surface area contributed by atoms with Gasteiger partial charge in [0.05, 0.1) is 5.69 Å². The number of carbonyl (C=O) groups excluding carboxylic acids is 1. The van der Waals surface area contributed by atoms with E-state index in [9.17, 15) is 4.79 Å². The van der Waals surface area contributed by atoms with Crippen LogP contribution in [0.3, 0.4) is 0 Å². The predicted octanol–water partition coefficient (Wildman–Crippen LogP) is 1.36. The standard InChI is InChI=1S/C11H14ClN3O/c1-7-2-3-9(11(12)14-7)15-6-8(5-13)4-10(15)16/h2-3,8H,4-6,13H2,1H3. The number of pyridine rings is 1. The van der Waals surface area contributed by atoms with Gasteiger partial charge in [-0.3, -0.25) is 4.79 Å². The number of anilines is 1. The summed E-state index contributed by atoms with van der Waals surface area (Å²) >= 11 is 6.03. The number of halogens is 1. The molecule has 1 aromatic heterocycles. The van der Waals surface area contributed by atoms with Crippen molar-refractivity contribution >= 4 is 23.2 Å². The number of amides is 1. The van der Waals surface area contributed by atoms with E-state index in [0.29, 0.717) is 30.4 Å². The van der Waals surface area contributed by atoms with Gasteiger partial charge in [0.15, 0.2) is 5.15 Å².